The van der Waals surface area contributed by atoms with Crippen LogP contribution in [0.15, 0.2) is 24.3 Å². The molecule has 2 unspecified atom stereocenters. The van der Waals surface area contributed by atoms with E-state index in [1.165, 1.54) is 18.9 Å². The topological polar surface area (TPSA) is 69.6 Å². The first kappa shape index (κ1) is 13.5. The van der Waals surface area contributed by atoms with E-state index in [1.807, 2.05) is 24.3 Å². The smallest absolute Gasteiger partial charge is 0.326 e. The number of carbonyl (C=O) groups is 2. The molecule has 1 aliphatic rings. The number of amides is 1. The van der Waals surface area contributed by atoms with E-state index in [1.54, 1.807) is 0 Å². The van der Waals surface area contributed by atoms with Crippen LogP contribution in [-0.2, 0) is 16.0 Å². The molecular formula is C14H18N2O3. The molecule has 0 fully saturated rings. The lowest BCUT2D eigenvalue weighted by molar-refractivity contribution is -0.149. The fourth-order valence-corrected chi connectivity index (χ4v) is 2.29. The number of benzene rings is 1. The van der Waals surface area contributed by atoms with Gasteiger partial charge in [0.05, 0.1) is 0 Å². The molecule has 1 amide bonds. The number of aliphatic carboxylic acids is 1. The number of nitrogens with zero attached hydrogens (tertiary/aromatic N) is 1. The van der Waals surface area contributed by atoms with Crippen LogP contribution in [0, 0.1) is 0 Å². The molecule has 0 bridgehead atoms. The van der Waals surface area contributed by atoms with E-state index in [4.69, 9.17) is 5.11 Å². The summed E-state index contributed by atoms with van der Waals surface area (Å²) in [4.78, 5) is 24.6. The molecule has 0 spiro atoms. The Morgan fingerprint density at radius 2 is 2.11 bits per heavy atom. The van der Waals surface area contributed by atoms with Gasteiger partial charge >= 0.3 is 5.97 Å². The van der Waals surface area contributed by atoms with Crippen LogP contribution >= 0.6 is 0 Å². The summed E-state index contributed by atoms with van der Waals surface area (Å²) >= 11 is 0. The molecule has 102 valence electrons. The first-order valence-corrected chi connectivity index (χ1v) is 6.33. The molecule has 1 heterocycles. The van der Waals surface area contributed by atoms with Gasteiger partial charge in [0.15, 0.2) is 0 Å². The third-order valence-electron chi connectivity index (χ3n) is 3.64. The van der Waals surface area contributed by atoms with Crippen molar-refractivity contribution in [3.63, 3.8) is 0 Å². The van der Waals surface area contributed by atoms with E-state index < -0.39 is 18.1 Å². The van der Waals surface area contributed by atoms with Crippen LogP contribution in [0.5, 0.6) is 0 Å². The molecule has 2 rings (SSSR count). The molecule has 5 heteroatoms. The molecule has 2 atom stereocenters. The molecule has 2 N–H and O–H groups in total. The second-order valence-electron chi connectivity index (χ2n) is 4.80. The van der Waals surface area contributed by atoms with Crippen LogP contribution in [0.2, 0.25) is 0 Å². The highest BCUT2D eigenvalue weighted by molar-refractivity contribution is 5.88. The summed E-state index contributed by atoms with van der Waals surface area (Å²) in [6.45, 7) is 2.23. The Labute approximate surface area is 112 Å². The van der Waals surface area contributed by atoms with Crippen molar-refractivity contribution in [1.82, 2.24) is 10.2 Å². The fraction of sp³-hybridized carbons (Fsp3) is 0.429. The maximum atomic E-state index is 12.4. The van der Waals surface area contributed by atoms with Crippen molar-refractivity contribution in [2.24, 2.45) is 0 Å². The van der Waals surface area contributed by atoms with Gasteiger partial charge < -0.3 is 15.3 Å². The highest BCUT2D eigenvalue weighted by Crippen LogP contribution is 2.24. The number of carboxylic acids is 1. The van der Waals surface area contributed by atoms with E-state index in [-0.39, 0.29) is 5.91 Å². The monoisotopic (exact) mass is 262 g/mol. The molecule has 1 aromatic rings. The SMILES string of the molecule is CC(C(=O)O)N(C)C(=O)C1NCCc2ccccc21. The van der Waals surface area contributed by atoms with Crippen LogP contribution in [0.25, 0.3) is 0 Å². The number of hydrogen-bond donors (Lipinski definition) is 2. The lowest BCUT2D eigenvalue weighted by atomic mass is 9.93. The van der Waals surface area contributed by atoms with Crippen LogP contribution in [0.4, 0.5) is 0 Å². The highest BCUT2D eigenvalue weighted by atomic mass is 16.4. The summed E-state index contributed by atoms with van der Waals surface area (Å²) in [7, 11) is 1.53. The molecular weight excluding hydrogens is 244 g/mol. The van der Waals surface area contributed by atoms with Gasteiger partial charge in [-0.2, -0.15) is 0 Å². The van der Waals surface area contributed by atoms with Gasteiger partial charge in [-0.15, -0.1) is 0 Å². The summed E-state index contributed by atoms with van der Waals surface area (Å²) < 4.78 is 0. The lowest BCUT2D eigenvalue weighted by Gasteiger charge is -2.31. The van der Waals surface area contributed by atoms with Crippen LogP contribution in [0.3, 0.4) is 0 Å². The van der Waals surface area contributed by atoms with E-state index in [2.05, 4.69) is 5.32 Å². The van der Waals surface area contributed by atoms with Crippen molar-refractivity contribution in [2.45, 2.75) is 25.4 Å². The van der Waals surface area contributed by atoms with Gasteiger partial charge in [0.2, 0.25) is 5.91 Å². The van der Waals surface area contributed by atoms with E-state index in [9.17, 15) is 9.59 Å². The molecule has 5 nitrogen and oxygen atoms in total. The number of likely N-dealkylation sites (N-methyl/N-ethyl adjacent to an activating group) is 1. The molecule has 0 aliphatic carbocycles. The van der Waals surface area contributed by atoms with Crippen LogP contribution in [0.1, 0.15) is 24.1 Å². The van der Waals surface area contributed by atoms with Crippen molar-refractivity contribution in [3.05, 3.63) is 35.4 Å². The third-order valence-corrected chi connectivity index (χ3v) is 3.64. The number of carbonyl (C=O) groups excluding carboxylic acids is 1. The fourth-order valence-electron chi connectivity index (χ4n) is 2.29. The lowest BCUT2D eigenvalue weighted by Crippen LogP contribution is -2.47. The molecule has 1 aliphatic heterocycles. The largest absolute Gasteiger partial charge is 0.480 e. The predicted octanol–water partition coefficient (Wildman–Crippen LogP) is 0.805. The number of rotatable bonds is 3. The molecule has 0 radical (unpaired) electrons. The first-order chi connectivity index (χ1) is 9.02. The summed E-state index contributed by atoms with van der Waals surface area (Å²) in [6.07, 6.45) is 0.887. The summed E-state index contributed by atoms with van der Waals surface area (Å²) in [6, 6.07) is 6.50. The van der Waals surface area contributed by atoms with E-state index in [0.29, 0.717) is 0 Å². The second-order valence-corrected chi connectivity index (χ2v) is 4.80. The number of nitrogens with one attached hydrogen (secondary N) is 1. The Morgan fingerprint density at radius 1 is 1.42 bits per heavy atom. The molecule has 0 saturated carbocycles. The Bertz CT molecular complexity index is 501. The first-order valence-electron chi connectivity index (χ1n) is 6.33. The minimum Gasteiger partial charge on any atom is -0.480 e. The Hall–Kier alpha value is -1.88. The van der Waals surface area contributed by atoms with Gasteiger partial charge in [-0.1, -0.05) is 24.3 Å². The van der Waals surface area contributed by atoms with Crippen molar-refractivity contribution in [2.75, 3.05) is 13.6 Å². The van der Waals surface area contributed by atoms with Crippen molar-refractivity contribution in [1.29, 1.82) is 0 Å². The quantitative estimate of drug-likeness (QED) is 0.845. The van der Waals surface area contributed by atoms with Gasteiger partial charge in [0.25, 0.3) is 0 Å². The van der Waals surface area contributed by atoms with Crippen molar-refractivity contribution >= 4 is 11.9 Å². The van der Waals surface area contributed by atoms with Gasteiger partial charge in [0, 0.05) is 13.6 Å². The summed E-state index contributed by atoms with van der Waals surface area (Å²) in [5.41, 5.74) is 2.10. The minimum absolute atomic E-state index is 0.206. The van der Waals surface area contributed by atoms with Gasteiger partial charge in [-0.25, -0.2) is 4.79 Å². The van der Waals surface area contributed by atoms with Crippen molar-refractivity contribution in [3.8, 4) is 0 Å². The average Bonchev–Trinajstić information content (AvgIpc) is 2.44. The third kappa shape index (κ3) is 2.61. The normalized spacial score (nSPS) is 19.4. The number of carboxylic acid groups (broad SMARTS) is 1. The molecule has 1 aromatic carbocycles. The number of fused-ring (bicyclic) bond motifs is 1. The summed E-state index contributed by atoms with van der Waals surface area (Å²) in [5, 5.41) is 12.1. The highest BCUT2D eigenvalue weighted by Gasteiger charge is 2.31. The van der Waals surface area contributed by atoms with Gasteiger partial charge in [-0.05, 0) is 24.5 Å². The van der Waals surface area contributed by atoms with Crippen molar-refractivity contribution < 1.29 is 14.7 Å². The standard InChI is InChI=1S/C14H18N2O3/c1-9(14(18)19)16(2)13(17)12-11-6-4-3-5-10(11)7-8-15-12/h3-6,9,12,15H,7-8H2,1-2H3,(H,18,19). The van der Waals surface area contributed by atoms with Gasteiger partial charge in [0.1, 0.15) is 12.1 Å². The van der Waals surface area contributed by atoms with Crippen LogP contribution < -0.4 is 5.32 Å². The van der Waals surface area contributed by atoms with E-state index >= 15 is 0 Å². The van der Waals surface area contributed by atoms with E-state index in [0.717, 1.165) is 24.1 Å². The second kappa shape index (κ2) is 5.40. The Morgan fingerprint density at radius 3 is 2.79 bits per heavy atom. The zero-order chi connectivity index (χ0) is 14.0. The predicted molar refractivity (Wildman–Crippen MR) is 70.8 cm³/mol. The number of hydrogen-bond acceptors (Lipinski definition) is 3. The zero-order valence-electron chi connectivity index (χ0n) is 11.1. The summed E-state index contributed by atoms with van der Waals surface area (Å²) in [5.74, 6) is -1.21. The Kier molecular flexibility index (Phi) is 3.85. The molecule has 0 saturated heterocycles. The van der Waals surface area contributed by atoms with Crippen LogP contribution in [-0.4, -0.2) is 41.5 Å². The van der Waals surface area contributed by atoms with Gasteiger partial charge in [-0.3, -0.25) is 4.79 Å². The Balaban J connectivity index is 2.24. The maximum absolute atomic E-state index is 12.4. The maximum Gasteiger partial charge on any atom is 0.326 e. The minimum atomic E-state index is -1.00. The molecule has 19 heavy (non-hydrogen) atoms. The molecule has 0 aromatic heterocycles. The average molecular weight is 262 g/mol. The zero-order valence-corrected chi connectivity index (χ0v) is 11.1.